The van der Waals surface area contributed by atoms with Crippen LogP contribution in [0.5, 0.6) is 0 Å². The van der Waals surface area contributed by atoms with Crippen molar-refractivity contribution in [3.8, 4) is 0 Å². The van der Waals surface area contributed by atoms with E-state index in [0.29, 0.717) is 0 Å². The van der Waals surface area contributed by atoms with E-state index < -0.39 is 0 Å². The topological polar surface area (TPSA) is 23.6 Å². The predicted octanol–water partition coefficient (Wildman–Crippen LogP) is 4.05. The van der Waals surface area contributed by atoms with Gasteiger partial charge in [-0.2, -0.15) is 0 Å². The molecule has 0 aliphatic heterocycles. The van der Waals surface area contributed by atoms with Crippen molar-refractivity contribution in [1.29, 1.82) is 0 Å². The molecule has 1 aromatic carbocycles. The van der Waals surface area contributed by atoms with E-state index in [9.17, 15) is 4.79 Å². The number of hydrogen-bond acceptors (Lipinski definition) is 2. The lowest BCUT2D eigenvalue weighted by molar-refractivity contribution is 0.0773. The van der Waals surface area contributed by atoms with Gasteiger partial charge in [-0.3, -0.25) is 4.79 Å². The molecule has 0 N–H and O–H groups in total. The number of nitrogens with zero attached hydrogens (tertiary/aromatic N) is 2. The first-order valence-corrected chi connectivity index (χ1v) is 7.93. The summed E-state index contributed by atoms with van der Waals surface area (Å²) in [6.45, 7) is 13.6. The molecule has 1 rings (SSSR count). The minimum Gasteiger partial charge on any atom is -0.371 e. The molecule has 116 valence electrons. The Kier molecular flexibility index (Phi) is 7.00. The summed E-state index contributed by atoms with van der Waals surface area (Å²) in [6.07, 6.45) is 4.03. The van der Waals surface area contributed by atoms with Gasteiger partial charge < -0.3 is 9.80 Å². The fourth-order valence-electron chi connectivity index (χ4n) is 2.54. The summed E-state index contributed by atoms with van der Waals surface area (Å²) < 4.78 is 0. The number of carbonyl (C=O) groups is 1. The first-order chi connectivity index (χ1) is 10.1. The van der Waals surface area contributed by atoms with E-state index >= 15 is 0 Å². The number of allylic oxidation sites excluding steroid dienone is 1. The Hall–Kier alpha value is -1.77. The van der Waals surface area contributed by atoms with Crippen LogP contribution in [0, 0.1) is 0 Å². The average Bonchev–Trinajstić information content (AvgIpc) is 2.51. The second-order valence-corrected chi connectivity index (χ2v) is 4.93. The van der Waals surface area contributed by atoms with Crippen molar-refractivity contribution in [1.82, 2.24) is 4.90 Å². The summed E-state index contributed by atoms with van der Waals surface area (Å²) in [4.78, 5) is 16.9. The fraction of sp³-hybridized carbons (Fsp3) is 0.500. The number of amides is 1. The summed E-state index contributed by atoms with van der Waals surface area (Å²) in [6, 6.07) is 6.15. The van der Waals surface area contributed by atoms with Crippen molar-refractivity contribution in [2.45, 2.75) is 34.6 Å². The van der Waals surface area contributed by atoms with Crippen LogP contribution in [-0.4, -0.2) is 37.0 Å². The smallest absolute Gasteiger partial charge is 0.255 e. The summed E-state index contributed by atoms with van der Waals surface area (Å²) in [5.74, 6) is 0.119. The second kappa shape index (κ2) is 8.50. The second-order valence-electron chi connectivity index (χ2n) is 4.93. The van der Waals surface area contributed by atoms with Crippen LogP contribution in [-0.2, 0) is 0 Å². The zero-order chi connectivity index (χ0) is 15.8. The molecule has 0 aliphatic carbocycles. The van der Waals surface area contributed by atoms with Crippen LogP contribution in [0.25, 0.3) is 6.08 Å². The van der Waals surface area contributed by atoms with Crippen LogP contribution in [0.2, 0.25) is 0 Å². The zero-order valence-corrected chi connectivity index (χ0v) is 14.0. The fourth-order valence-corrected chi connectivity index (χ4v) is 2.54. The molecule has 1 amide bonds. The Labute approximate surface area is 129 Å². The Bertz CT molecular complexity index is 486. The molecule has 0 unspecified atom stereocenters. The zero-order valence-electron chi connectivity index (χ0n) is 14.0. The Morgan fingerprint density at radius 3 is 2.14 bits per heavy atom. The van der Waals surface area contributed by atoms with Gasteiger partial charge >= 0.3 is 0 Å². The maximum Gasteiger partial charge on any atom is 0.255 e. The van der Waals surface area contributed by atoms with Gasteiger partial charge in [0.15, 0.2) is 0 Å². The monoisotopic (exact) mass is 288 g/mol. The first kappa shape index (κ1) is 17.3. The minimum atomic E-state index is 0.119. The normalized spacial score (nSPS) is 10.9. The van der Waals surface area contributed by atoms with Gasteiger partial charge in [0.05, 0.1) is 5.56 Å². The van der Waals surface area contributed by atoms with Gasteiger partial charge in [-0.1, -0.05) is 18.2 Å². The molecule has 0 heterocycles. The highest BCUT2D eigenvalue weighted by molar-refractivity contribution is 6.00. The lowest BCUT2D eigenvalue weighted by Gasteiger charge is -2.27. The number of anilines is 1. The summed E-state index contributed by atoms with van der Waals surface area (Å²) in [5.41, 5.74) is 2.91. The maximum absolute atomic E-state index is 12.8. The molecule has 3 nitrogen and oxygen atoms in total. The third-order valence-electron chi connectivity index (χ3n) is 3.76. The average molecular weight is 288 g/mol. The van der Waals surface area contributed by atoms with Gasteiger partial charge in [-0.15, -0.1) is 0 Å². The van der Waals surface area contributed by atoms with Gasteiger partial charge in [0, 0.05) is 31.9 Å². The van der Waals surface area contributed by atoms with Crippen LogP contribution < -0.4 is 4.90 Å². The summed E-state index contributed by atoms with van der Waals surface area (Å²) in [7, 11) is 0. The van der Waals surface area contributed by atoms with E-state index in [1.807, 2.05) is 43.9 Å². The number of rotatable bonds is 7. The molecule has 0 saturated carbocycles. The predicted molar refractivity (Wildman–Crippen MR) is 92.0 cm³/mol. The van der Waals surface area contributed by atoms with Crippen molar-refractivity contribution >= 4 is 17.7 Å². The van der Waals surface area contributed by atoms with Gasteiger partial charge in [0.2, 0.25) is 0 Å². The van der Waals surface area contributed by atoms with E-state index in [-0.39, 0.29) is 5.91 Å². The van der Waals surface area contributed by atoms with Crippen molar-refractivity contribution in [3.63, 3.8) is 0 Å². The Morgan fingerprint density at radius 1 is 1.05 bits per heavy atom. The van der Waals surface area contributed by atoms with E-state index in [1.54, 1.807) is 0 Å². The van der Waals surface area contributed by atoms with Crippen LogP contribution >= 0.6 is 0 Å². The third-order valence-corrected chi connectivity index (χ3v) is 3.76. The van der Waals surface area contributed by atoms with Crippen LogP contribution in [0.4, 0.5) is 5.69 Å². The van der Waals surface area contributed by atoms with Crippen molar-refractivity contribution in [2.24, 2.45) is 0 Å². The standard InChI is InChI=1S/C18H28N2O/c1-6-11-15-12-13-17(19(7-2)8-3)16(14-15)18(21)20(9-4)10-5/h6,11-14H,7-10H2,1-5H3/b11-6+. The largest absolute Gasteiger partial charge is 0.371 e. The van der Waals surface area contributed by atoms with E-state index in [0.717, 1.165) is 43.0 Å². The molecule has 0 saturated heterocycles. The summed E-state index contributed by atoms with van der Waals surface area (Å²) >= 11 is 0. The van der Waals surface area contributed by atoms with Crippen LogP contribution in [0.1, 0.15) is 50.5 Å². The molecule has 0 bridgehead atoms. The number of benzene rings is 1. The summed E-state index contributed by atoms with van der Waals surface area (Å²) in [5, 5.41) is 0. The SMILES string of the molecule is C/C=C/c1ccc(N(CC)CC)c(C(=O)N(CC)CC)c1. The lowest BCUT2D eigenvalue weighted by Crippen LogP contribution is -2.33. The van der Waals surface area contributed by atoms with Crippen LogP contribution in [0.3, 0.4) is 0 Å². The van der Waals surface area contributed by atoms with Gasteiger partial charge in [-0.05, 0) is 52.3 Å². The van der Waals surface area contributed by atoms with Crippen molar-refractivity contribution in [3.05, 3.63) is 35.4 Å². The van der Waals surface area contributed by atoms with Gasteiger partial charge in [0.25, 0.3) is 5.91 Å². The number of hydrogen-bond donors (Lipinski definition) is 0. The van der Waals surface area contributed by atoms with Crippen molar-refractivity contribution < 1.29 is 4.79 Å². The van der Waals surface area contributed by atoms with Crippen LogP contribution in [0.15, 0.2) is 24.3 Å². The van der Waals surface area contributed by atoms with Gasteiger partial charge in [0.1, 0.15) is 0 Å². The molecule has 21 heavy (non-hydrogen) atoms. The molecule has 0 aromatic heterocycles. The molecule has 1 aromatic rings. The Morgan fingerprint density at radius 2 is 1.67 bits per heavy atom. The molecule has 0 spiro atoms. The minimum absolute atomic E-state index is 0.119. The molecule has 0 atom stereocenters. The highest BCUT2D eigenvalue weighted by Gasteiger charge is 2.19. The van der Waals surface area contributed by atoms with E-state index in [1.165, 1.54) is 0 Å². The first-order valence-electron chi connectivity index (χ1n) is 7.93. The molecular formula is C18H28N2O. The highest BCUT2D eigenvalue weighted by atomic mass is 16.2. The lowest BCUT2D eigenvalue weighted by atomic mass is 10.1. The molecule has 0 fully saturated rings. The Balaban J connectivity index is 3.34. The van der Waals surface area contributed by atoms with Crippen molar-refractivity contribution in [2.75, 3.05) is 31.1 Å². The molecular weight excluding hydrogens is 260 g/mol. The molecule has 3 heteroatoms. The quantitative estimate of drug-likeness (QED) is 0.755. The molecule has 0 aliphatic rings. The van der Waals surface area contributed by atoms with E-state index in [2.05, 4.69) is 30.9 Å². The van der Waals surface area contributed by atoms with E-state index in [4.69, 9.17) is 0 Å². The third kappa shape index (κ3) is 4.10. The highest BCUT2D eigenvalue weighted by Crippen LogP contribution is 2.24. The molecule has 0 radical (unpaired) electrons. The van der Waals surface area contributed by atoms with Gasteiger partial charge in [-0.25, -0.2) is 0 Å². The maximum atomic E-state index is 12.8. The number of carbonyl (C=O) groups excluding carboxylic acids is 1.